The molecule has 3 aliphatic rings. The molecule has 0 unspecified atom stereocenters. The van der Waals surface area contributed by atoms with Crippen LogP contribution >= 0.6 is 0 Å². The Morgan fingerprint density at radius 1 is 0.667 bits per heavy atom. The second kappa shape index (κ2) is 13.3. The van der Waals surface area contributed by atoms with Gasteiger partial charge in [-0.05, 0) is 66.1 Å². The minimum Gasteiger partial charge on any atom is -0.493 e. The lowest BCUT2D eigenvalue weighted by molar-refractivity contribution is -0.0948. The predicted octanol–water partition coefficient (Wildman–Crippen LogP) is 3.61. The van der Waals surface area contributed by atoms with Crippen molar-refractivity contribution in [2.24, 2.45) is 0 Å². The fraction of sp³-hybridized carbons (Fsp3) is 0.333. The molecular weight excluding hydrogens is 709 g/mol. The van der Waals surface area contributed by atoms with E-state index in [1.165, 1.54) is 19.1 Å². The van der Waals surface area contributed by atoms with Crippen molar-refractivity contribution in [1.82, 2.24) is 9.97 Å². The second-order valence-corrected chi connectivity index (χ2v) is 15.0. The molecule has 0 radical (unpaired) electrons. The van der Waals surface area contributed by atoms with Crippen LogP contribution in [0.1, 0.15) is 6.42 Å². The third-order valence-electron chi connectivity index (χ3n) is 8.25. The Balaban J connectivity index is 1.23. The number of nitrogens with zero attached hydrogens (tertiary/aromatic N) is 4. The number of fused-ring (bicyclic) bond motifs is 2. The van der Waals surface area contributed by atoms with Gasteiger partial charge in [0.2, 0.25) is 25.1 Å². The van der Waals surface area contributed by atoms with E-state index < -0.39 is 26.1 Å². The quantitative estimate of drug-likeness (QED) is 0.170. The van der Waals surface area contributed by atoms with Crippen molar-refractivity contribution in [1.29, 1.82) is 0 Å². The molecule has 4 aromatic rings. The van der Waals surface area contributed by atoms with Gasteiger partial charge in [0, 0.05) is 36.6 Å². The number of rotatable bonds is 10. The maximum absolute atomic E-state index is 12.8. The fourth-order valence-corrected chi connectivity index (χ4v) is 7.51. The first-order chi connectivity index (χ1) is 24.3. The van der Waals surface area contributed by atoms with Crippen LogP contribution < -0.4 is 38.2 Å². The van der Waals surface area contributed by atoms with Crippen LogP contribution in [0.2, 0.25) is 0 Å². The number of ether oxygens (including phenoxy) is 6. The molecule has 2 aromatic carbocycles. The molecule has 0 spiro atoms. The van der Waals surface area contributed by atoms with Gasteiger partial charge in [0.25, 0.3) is 20.2 Å². The molecule has 270 valence electrons. The van der Waals surface area contributed by atoms with Gasteiger partial charge in [-0.15, -0.1) is 0 Å². The van der Waals surface area contributed by atoms with Gasteiger partial charge in [0.05, 0.1) is 33.3 Å². The van der Waals surface area contributed by atoms with Gasteiger partial charge in [0.1, 0.15) is 11.6 Å². The zero-order valence-electron chi connectivity index (χ0n) is 28.0. The Kier molecular flexibility index (Phi) is 8.94. The van der Waals surface area contributed by atoms with Crippen LogP contribution in [0.4, 0.5) is 11.6 Å². The summed E-state index contributed by atoms with van der Waals surface area (Å²) in [7, 11) is -5.57. The number of methoxy groups -OCH3 is 2. The highest BCUT2D eigenvalue weighted by Gasteiger charge is 2.50. The molecule has 0 N–H and O–H groups in total. The summed E-state index contributed by atoms with van der Waals surface area (Å²) in [6.07, 6.45) is 5.27. The number of hydrogen-bond donors (Lipinski definition) is 0. The van der Waals surface area contributed by atoms with Crippen molar-refractivity contribution < 1.29 is 53.6 Å². The molecule has 1 fully saturated rings. The minimum atomic E-state index is -4.32. The first-order valence-corrected chi connectivity index (χ1v) is 19.2. The lowest BCUT2D eigenvalue weighted by Crippen LogP contribution is -2.60. The van der Waals surface area contributed by atoms with Crippen molar-refractivity contribution in [2.75, 3.05) is 69.8 Å². The standard InChI is InChI=1S/C33H34N4O12S2/c1-42-25-12-23(14-27-31(25)46-19-44-27)21-6-8-29(34-16-21)36-10-5-11-37(33(18-36,48-50(3,38)39)49-51(4,40)41)30-9-7-22(17-35-30)24-13-26(43-2)32-28(15-24)45-20-47-32/h6-9,12-17H,5,10-11,18-20H2,1-4H3. The van der Waals surface area contributed by atoms with Crippen molar-refractivity contribution >= 4 is 31.9 Å². The molecule has 7 rings (SSSR count). The normalized spacial score (nSPS) is 16.5. The number of pyridine rings is 2. The zero-order valence-corrected chi connectivity index (χ0v) is 29.7. The molecule has 0 bridgehead atoms. The summed E-state index contributed by atoms with van der Waals surface area (Å²) in [6.45, 7) is 0.231. The lowest BCUT2D eigenvalue weighted by atomic mass is 10.1. The van der Waals surface area contributed by atoms with Gasteiger partial charge in [-0.1, -0.05) is 0 Å². The van der Waals surface area contributed by atoms with E-state index in [0.29, 0.717) is 58.8 Å². The Morgan fingerprint density at radius 2 is 1.18 bits per heavy atom. The van der Waals surface area contributed by atoms with Crippen molar-refractivity contribution in [3.05, 3.63) is 60.9 Å². The van der Waals surface area contributed by atoms with E-state index in [4.69, 9.17) is 36.8 Å². The molecule has 3 aliphatic heterocycles. The maximum Gasteiger partial charge on any atom is 0.301 e. The highest BCUT2D eigenvalue weighted by molar-refractivity contribution is 7.86. The Morgan fingerprint density at radius 3 is 1.63 bits per heavy atom. The SMILES string of the molecule is COc1cc(-c2ccc(N3CCCN(c4ccc(-c5cc(OC)c6c(c5)OCO6)cn4)C(OS(C)(=O)=O)(OS(C)(=O)=O)C3)nc2)cc2c1OCO2. The van der Waals surface area contributed by atoms with E-state index in [9.17, 15) is 16.8 Å². The average molecular weight is 743 g/mol. The molecule has 0 aliphatic carbocycles. The highest BCUT2D eigenvalue weighted by Crippen LogP contribution is 2.46. The molecule has 0 atom stereocenters. The van der Waals surface area contributed by atoms with E-state index in [0.717, 1.165) is 29.2 Å². The largest absolute Gasteiger partial charge is 0.493 e. The summed E-state index contributed by atoms with van der Waals surface area (Å²) in [6, 6.07) is 14.1. The first kappa shape index (κ1) is 34.4. The summed E-state index contributed by atoms with van der Waals surface area (Å²) in [5, 5.41) is 0. The van der Waals surface area contributed by atoms with Gasteiger partial charge >= 0.3 is 5.91 Å². The minimum absolute atomic E-state index is 0.0653. The van der Waals surface area contributed by atoms with E-state index in [1.807, 2.05) is 12.1 Å². The molecule has 18 heteroatoms. The molecule has 51 heavy (non-hydrogen) atoms. The zero-order chi connectivity index (χ0) is 36.0. The topological polar surface area (TPSA) is 174 Å². The highest BCUT2D eigenvalue weighted by atomic mass is 32.2. The number of anilines is 2. The first-order valence-electron chi connectivity index (χ1n) is 15.6. The van der Waals surface area contributed by atoms with Crippen LogP contribution in [0, 0.1) is 0 Å². The van der Waals surface area contributed by atoms with Gasteiger partial charge in [-0.25, -0.2) is 18.3 Å². The molecule has 5 heterocycles. The van der Waals surface area contributed by atoms with Crippen LogP contribution in [0.25, 0.3) is 22.3 Å². The second-order valence-electron chi connectivity index (χ2n) is 11.8. The van der Waals surface area contributed by atoms with Crippen molar-refractivity contribution in [3.63, 3.8) is 0 Å². The van der Waals surface area contributed by atoms with Crippen LogP contribution in [0.3, 0.4) is 0 Å². The summed E-state index contributed by atoms with van der Waals surface area (Å²) >= 11 is 0. The number of aromatic nitrogens is 2. The van der Waals surface area contributed by atoms with Crippen LogP contribution in [-0.2, 0) is 28.6 Å². The molecule has 0 amide bonds. The van der Waals surface area contributed by atoms with E-state index in [1.54, 1.807) is 53.7 Å². The maximum atomic E-state index is 12.8. The number of hydrogen-bond acceptors (Lipinski definition) is 16. The summed E-state index contributed by atoms with van der Waals surface area (Å²) in [4.78, 5) is 12.4. The lowest BCUT2D eigenvalue weighted by Gasteiger charge is -2.41. The third-order valence-corrected chi connectivity index (χ3v) is 9.38. The van der Waals surface area contributed by atoms with Gasteiger partial charge in [0.15, 0.2) is 23.0 Å². The van der Waals surface area contributed by atoms with E-state index >= 15 is 0 Å². The van der Waals surface area contributed by atoms with E-state index in [-0.39, 0.29) is 32.5 Å². The Bertz CT molecular complexity index is 2130. The monoisotopic (exact) mass is 742 g/mol. The Hall–Kier alpha value is -5.04. The summed E-state index contributed by atoms with van der Waals surface area (Å²) in [5.41, 5.74) is 2.90. The van der Waals surface area contributed by atoms with Crippen molar-refractivity contribution in [3.8, 4) is 56.8 Å². The van der Waals surface area contributed by atoms with Crippen molar-refractivity contribution in [2.45, 2.75) is 12.3 Å². The van der Waals surface area contributed by atoms with Crippen LogP contribution in [0.5, 0.6) is 34.5 Å². The smallest absolute Gasteiger partial charge is 0.301 e. The van der Waals surface area contributed by atoms with Crippen LogP contribution in [0.15, 0.2) is 60.9 Å². The summed E-state index contributed by atoms with van der Waals surface area (Å²) in [5.74, 6) is 1.31. The molecule has 16 nitrogen and oxygen atoms in total. The van der Waals surface area contributed by atoms with Gasteiger partial charge in [-0.2, -0.15) is 16.8 Å². The summed E-state index contributed by atoms with van der Waals surface area (Å²) < 4.78 is 95.5. The molecule has 0 saturated carbocycles. The molecule has 2 aromatic heterocycles. The fourth-order valence-electron chi connectivity index (χ4n) is 6.16. The van der Waals surface area contributed by atoms with Gasteiger partial charge in [-0.3, -0.25) is 0 Å². The molecule has 1 saturated heterocycles. The predicted molar refractivity (Wildman–Crippen MR) is 183 cm³/mol. The van der Waals surface area contributed by atoms with E-state index in [2.05, 4.69) is 9.97 Å². The molecular formula is C33H34N4O12S2. The third kappa shape index (κ3) is 7.12. The Labute approximate surface area is 294 Å². The van der Waals surface area contributed by atoms with Crippen LogP contribution in [-0.4, -0.2) is 92.7 Å². The number of benzene rings is 2. The van der Waals surface area contributed by atoms with Gasteiger partial charge < -0.3 is 38.2 Å². The average Bonchev–Trinajstić information content (AvgIpc) is 3.74.